The molecule has 124 valence electrons. The van der Waals surface area contributed by atoms with Gasteiger partial charge in [-0.05, 0) is 56.9 Å². The van der Waals surface area contributed by atoms with Gasteiger partial charge in [-0.2, -0.15) is 0 Å². The summed E-state index contributed by atoms with van der Waals surface area (Å²) in [5.41, 5.74) is 0.547. The zero-order valence-corrected chi connectivity index (χ0v) is 14.8. The van der Waals surface area contributed by atoms with E-state index in [1.165, 1.54) is 0 Å². The molecule has 0 radical (unpaired) electrons. The minimum atomic E-state index is -0.473. The summed E-state index contributed by atoms with van der Waals surface area (Å²) in [6.07, 6.45) is -0.371. The van der Waals surface area contributed by atoms with Crippen molar-refractivity contribution < 1.29 is 9.53 Å². The van der Waals surface area contributed by atoms with Crippen LogP contribution in [0.15, 0.2) is 24.3 Å². The monoisotopic (exact) mass is 326 g/mol. The number of rotatable bonds is 6. The Hall–Kier alpha value is -1.42. The van der Waals surface area contributed by atoms with Crippen LogP contribution in [-0.2, 0) is 4.74 Å². The Labute approximate surface area is 138 Å². The number of halogens is 1. The number of hydrogen-bond donors (Lipinski definition) is 2. The number of amides is 1. The summed E-state index contributed by atoms with van der Waals surface area (Å²) < 4.78 is 5.26. The maximum atomic E-state index is 11.7. The van der Waals surface area contributed by atoms with Crippen LogP contribution in [0.25, 0.3) is 0 Å². The van der Waals surface area contributed by atoms with Gasteiger partial charge in [-0.1, -0.05) is 25.4 Å². The maximum absolute atomic E-state index is 11.7. The predicted molar refractivity (Wildman–Crippen MR) is 92.5 cm³/mol. The van der Waals surface area contributed by atoms with E-state index < -0.39 is 5.60 Å². The molecule has 1 aromatic carbocycles. The molecular weight excluding hydrogens is 300 g/mol. The third kappa shape index (κ3) is 7.55. The van der Waals surface area contributed by atoms with Gasteiger partial charge in [0.05, 0.1) is 0 Å². The van der Waals surface area contributed by atoms with Gasteiger partial charge in [0.15, 0.2) is 0 Å². The Morgan fingerprint density at radius 2 is 1.77 bits per heavy atom. The minimum absolute atomic E-state index is 0.309. The van der Waals surface area contributed by atoms with Crippen LogP contribution in [0.4, 0.5) is 10.5 Å². The fraction of sp³-hybridized carbons (Fsp3) is 0.588. The number of nitrogens with one attached hydrogen (secondary N) is 2. The fourth-order valence-corrected chi connectivity index (χ4v) is 2.01. The van der Waals surface area contributed by atoms with Crippen LogP contribution in [0, 0.1) is 11.8 Å². The molecule has 1 atom stereocenters. The molecule has 0 aliphatic carbocycles. The topological polar surface area (TPSA) is 50.4 Å². The van der Waals surface area contributed by atoms with Crippen LogP contribution in [0.3, 0.4) is 0 Å². The molecule has 0 aliphatic heterocycles. The number of ether oxygens (including phenoxy) is 1. The summed E-state index contributed by atoms with van der Waals surface area (Å²) >= 11 is 5.87. The van der Waals surface area contributed by atoms with E-state index in [0.717, 1.165) is 17.3 Å². The Morgan fingerprint density at radius 3 is 2.27 bits per heavy atom. The largest absolute Gasteiger partial charge is 0.444 e. The second-order valence-corrected chi connectivity index (χ2v) is 7.21. The van der Waals surface area contributed by atoms with E-state index in [2.05, 4.69) is 24.5 Å². The molecule has 1 amide bonds. The number of benzene rings is 1. The molecule has 0 saturated heterocycles. The van der Waals surface area contributed by atoms with Gasteiger partial charge in [0, 0.05) is 23.8 Å². The molecular formula is C17H27ClN2O2. The third-order valence-electron chi connectivity index (χ3n) is 3.26. The summed E-state index contributed by atoms with van der Waals surface area (Å²) in [5, 5.41) is 6.94. The molecule has 1 unspecified atom stereocenters. The number of alkyl carbamates (subject to hydrolysis) is 1. The van der Waals surface area contributed by atoms with Gasteiger partial charge in [0.1, 0.15) is 5.60 Å². The molecule has 0 aliphatic rings. The van der Waals surface area contributed by atoms with Crippen molar-refractivity contribution in [1.29, 1.82) is 0 Å². The SMILES string of the molecule is CC(C)C(CNC(=O)OC(C)(C)C)CNc1ccc(Cl)cc1. The standard InChI is InChI=1S/C17H27ClN2O2/c1-12(2)13(11-20-16(21)22-17(3,4)5)10-19-15-8-6-14(18)7-9-15/h6-9,12-13,19H,10-11H2,1-5H3,(H,20,21). The Bertz CT molecular complexity index is 467. The van der Waals surface area contributed by atoms with Crippen molar-refractivity contribution in [2.75, 3.05) is 18.4 Å². The lowest BCUT2D eigenvalue weighted by Crippen LogP contribution is -2.38. The van der Waals surface area contributed by atoms with Gasteiger partial charge in [-0.15, -0.1) is 0 Å². The lowest BCUT2D eigenvalue weighted by Gasteiger charge is -2.24. The quantitative estimate of drug-likeness (QED) is 0.806. The zero-order valence-electron chi connectivity index (χ0n) is 14.1. The molecule has 0 bridgehead atoms. The normalized spacial score (nSPS) is 12.9. The minimum Gasteiger partial charge on any atom is -0.444 e. The van der Waals surface area contributed by atoms with Gasteiger partial charge in [-0.25, -0.2) is 4.79 Å². The fourth-order valence-electron chi connectivity index (χ4n) is 1.89. The lowest BCUT2D eigenvalue weighted by atomic mass is 9.95. The van der Waals surface area contributed by atoms with E-state index in [1.807, 2.05) is 45.0 Å². The van der Waals surface area contributed by atoms with E-state index in [1.54, 1.807) is 0 Å². The van der Waals surface area contributed by atoms with Gasteiger partial charge >= 0.3 is 6.09 Å². The summed E-state index contributed by atoms with van der Waals surface area (Å²) in [6, 6.07) is 7.60. The highest BCUT2D eigenvalue weighted by atomic mass is 35.5. The molecule has 4 nitrogen and oxygen atoms in total. The van der Waals surface area contributed by atoms with Crippen LogP contribution < -0.4 is 10.6 Å². The van der Waals surface area contributed by atoms with E-state index in [9.17, 15) is 4.79 Å². The number of carbonyl (C=O) groups is 1. The van der Waals surface area contributed by atoms with Crippen molar-refractivity contribution in [2.24, 2.45) is 11.8 Å². The number of carbonyl (C=O) groups excluding carboxylic acids is 1. The molecule has 1 rings (SSSR count). The first-order chi connectivity index (χ1) is 10.2. The molecule has 0 fully saturated rings. The molecule has 2 N–H and O–H groups in total. The third-order valence-corrected chi connectivity index (χ3v) is 3.51. The Kier molecular flexibility index (Phi) is 7.01. The van der Waals surface area contributed by atoms with Crippen molar-refractivity contribution in [3.05, 3.63) is 29.3 Å². The Balaban J connectivity index is 2.45. The van der Waals surface area contributed by atoms with E-state index in [4.69, 9.17) is 16.3 Å². The van der Waals surface area contributed by atoms with Crippen LogP contribution in [0.2, 0.25) is 5.02 Å². The molecule has 0 saturated carbocycles. The summed E-state index contributed by atoms with van der Waals surface area (Å²) in [4.78, 5) is 11.7. The van der Waals surface area contributed by atoms with Crippen LogP contribution in [0.1, 0.15) is 34.6 Å². The van der Waals surface area contributed by atoms with Crippen LogP contribution >= 0.6 is 11.6 Å². The zero-order chi connectivity index (χ0) is 16.8. The molecule has 0 heterocycles. The van der Waals surface area contributed by atoms with Gasteiger partial charge in [-0.3, -0.25) is 0 Å². The molecule has 0 spiro atoms. The van der Waals surface area contributed by atoms with Crippen molar-refractivity contribution in [3.8, 4) is 0 Å². The average Bonchev–Trinajstić information content (AvgIpc) is 2.38. The predicted octanol–water partition coefficient (Wildman–Crippen LogP) is 4.55. The second-order valence-electron chi connectivity index (χ2n) is 6.77. The summed E-state index contributed by atoms with van der Waals surface area (Å²) in [5.74, 6) is 0.748. The van der Waals surface area contributed by atoms with Gasteiger partial charge < -0.3 is 15.4 Å². The molecule has 1 aromatic rings. The van der Waals surface area contributed by atoms with Crippen molar-refractivity contribution in [1.82, 2.24) is 5.32 Å². The van der Waals surface area contributed by atoms with Crippen molar-refractivity contribution >= 4 is 23.4 Å². The van der Waals surface area contributed by atoms with Crippen molar-refractivity contribution in [2.45, 2.75) is 40.2 Å². The summed E-state index contributed by atoms with van der Waals surface area (Å²) in [6.45, 7) is 11.2. The highest BCUT2D eigenvalue weighted by Crippen LogP contribution is 2.16. The smallest absolute Gasteiger partial charge is 0.407 e. The molecule has 0 aromatic heterocycles. The maximum Gasteiger partial charge on any atom is 0.407 e. The first-order valence-corrected chi connectivity index (χ1v) is 8.01. The number of anilines is 1. The van der Waals surface area contributed by atoms with Gasteiger partial charge in [0.2, 0.25) is 0 Å². The highest BCUT2D eigenvalue weighted by Gasteiger charge is 2.19. The first kappa shape index (κ1) is 18.6. The lowest BCUT2D eigenvalue weighted by molar-refractivity contribution is 0.0516. The Morgan fingerprint density at radius 1 is 1.18 bits per heavy atom. The second kappa shape index (κ2) is 8.28. The van der Waals surface area contributed by atoms with Gasteiger partial charge in [0.25, 0.3) is 0 Å². The number of hydrogen-bond acceptors (Lipinski definition) is 3. The highest BCUT2D eigenvalue weighted by molar-refractivity contribution is 6.30. The van der Waals surface area contributed by atoms with Crippen molar-refractivity contribution in [3.63, 3.8) is 0 Å². The van der Waals surface area contributed by atoms with E-state index in [-0.39, 0.29) is 6.09 Å². The van der Waals surface area contributed by atoms with Crippen LogP contribution in [-0.4, -0.2) is 24.8 Å². The van der Waals surface area contributed by atoms with E-state index >= 15 is 0 Å². The molecule has 5 heteroatoms. The van der Waals surface area contributed by atoms with Crippen LogP contribution in [0.5, 0.6) is 0 Å². The summed E-state index contributed by atoms with van der Waals surface area (Å²) in [7, 11) is 0. The first-order valence-electron chi connectivity index (χ1n) is 7.63. The average molecular weight is 327 g/mol. The van der Waals surface area contributed by atoms with E-state index in [0.29, 0.717) is 18.4 Å². The molecule has 22 heavy (non-hydrogen) atoms.